The van der Waals surface area contributed by atoms with Gasteiger partial charge in [0.25, 0.3) is 5.91 Å². The molecule has 0 saturated carbocycles. The van der Waals surface area contributed by atoms with Gasteiger partial charge in [-0.3, -0.25) is 9.78 Å². The van der Waals surface area contributed by atoms with Gasteiger partial charge in [-0.2, -0.15) is 4.98 Å². The molecule has 27 heavy (non-hydrogen) atoms. The van der Waals surface area contributed by atoms with E-state index in [0.29, 0.717) is 23.2 Å². The summed E-state index contributed by atoms with van der Waals surface area (Å²) in [4.78, 5) is 22.7. The number of carbonyl (C=O) groups is 1. The van der Waals surface area contributed by atoms with E-state index in [1.807, 2.05) is 43.5 Å². The molecule has 1 aromatic carbocycles. The second-order valence-electron chi connectivity index (χ2n) is 7.13. The van der Waals surface area contributed by atoms with Crippen LogP contribution in [0.2, 0.25) is 0 Å². The minimum atomic E-state index is -0.0865. The first-order valence-electron chi connectivity index (χ1n) is 9.02. The number of pyridine rings is 1. The van der Waals surface area contributed by atoms with Crippen molar-refractivity contribution in [3.8, 4) is 11.1 Å². The van der Waals surface area contributed by atoms with Crippen LogP contribution in [0.1, 0.15) is 41.5 Å². The Morgan fingerprint density at radius 3 is 2.59 bits per heavy atom. The molecular formula is C21H24N4O2. The lowest BCUT2D eigenvalue weighted by molar-refractivity contribution is 0.0769. The fourth-order valence-corrected chi connectivity index (χ4v) is 2.89. The zero-order valence-corrected chi connectivity index (χ0v) is 16.1. The molecule has 6 heteroatoms. The average Bonchev–Trinajstić information content (AvgIpc) is 3.07. The van der Waals surface area contributed by atoms with Gasteiger partial charge in [0, 0.05) is 31.4 Å². The van der Waals surface area contributed by atoms with Gasteiger partial charge >= 0.3 is 0 Å². The summed E-state index contributed by atoms with van der Waals surface area (Å²) in [5.41, 5.74) is 3.89. The molecule has 3 aromatic rings. The van der Waals surface area contributed by atoms with E-state index in [4.69, 9.17) is 4.52 Å². The van der Waals surface area contributed by atoms with Gasteiger partial charge in [-0.1, -0.05) is 31.1 Å². The number of aryl methyl sites for hydroxylation is 1. The summed E-state index contributed by atoms with van der Waals surface area (Å²) < 4.78 is 5.25. The third kappa shape index (κ3) is 4.58. The number of benzene rings is 1. The number of hydrogen-bond acceptors (Lipinski definition) is 5. The predicted octanol–water partition coefficient (Wildman–Crippen LogP) is 3.91. The first-order chi connectivity index (χ1) is 12.9. The molecule has 0 bridgehead atoms. The summed E-state index contributed by atoms with van der Waals surface area (Å²) >= 11 is 0. The Balaban J connectivity index is 1.68. The minimum absolute atomic E-state index is 0.0865. The van der Waals surface area contributed by atoms with Crippen LogP contribution in [0.4, 0.5) is 0 Å². The molecule has 0 radical (unpaired) electrons. The lowest BCUT2D eigenvalue weighted by Crippen LogP contribution is -2.26. The molecule has 0 fully saturated rings. The third-order valence-corrected chi connectivity index (χ3v) is 4.28. The monoisotopic (exact) mass is 364 g/mol. The number of carbonyl (C=O) groups excluding carboxylic acids is 1. The number of amides is 1. The van der Waals surface area contributed by atoms with Crippen LogP contribution in [0.5, 0.6) is 0 Å². The molecule has 0 atom stereocenters. The second kappa shape index (κ2) is 8.12. The highest BCUT2D eigenvalue weighted by Gasteiger charge is 2.16. The first-order valence-corrected chi connectivity index (χ1v) is 9.02. The van der Waals surface area contributed by atoms with Crippen LogP contribution >= 0.6 is 0 Å². The quantitative estimate of drug-likeness (QED) is 0.663. The van der Waals surface area contributed by atoms with Gasteiger partial charge in [0.1, 0.15) is 0 Å². The van der Waals surface area contributed by atoms with Gasteiger partial charge < -0.3 is 9.42 Å². The highest BCUT2D eigenvalue weighted by Crippen LogP contribution is 2.23. The maximum absolute atomic E-state index is 12.7. The van der Waals surface area contributed by atoms with Gasteiger partial charge in [0.2, 0.25) is 5.89 Å². The second-order valence-corrected chi connectivity index (χ2v) is 7.13. The summed E-state index contributed by atoms with van der Waals surface area (Å²) in [7, 11) is 1.73. The van der Waals surface area contributed by atoms with Crippen molar-refractivity contribution in [2.75, 3.05) is 7.05 Å². The van der Waals surface area contributed by atoms with E-state index in [2.05, 4.69) is 29.0 Å². The molecule has 0 aliphatic carbocycles. The third-order valence-electron chi connectivity index (χ3n) is 4.28. The Morgan fingerprint density at radius 1 is 1.19 bits per heavy atom. The molecular weight excluding hydrogens is 340 g/mol. The molecule has 0 aliphatic rings. The number of rotatable bonds is 6. The Bertz CT molecular complexity index is 916. The summed E-state index contributed by atoms with van der Waals surface area (Å²) in [5.74, 6) is 1.50. The Hall–Kier alpha value is -3.02. The van der Waals surface area contributed by atoms with Gasteiger partial charge in [-0.15, -0.1) is 0 Å². The van der Waals surface area contributed by atoms with E-state index in [9.17, 15) is 4.79 Å². The molecule has 0 spiro atoms. The summed E-state index contributed by atoms with van der Waals surface area (Å²) in [6, 6.07) is 9.56. The van der Waals surface area contributed by atoms with Crippen molar-refractivity contribution in [2.24, 2.45) is 5.92 Å². The van der Waals surface area contributed by atoms with E-state index in [1.54, 1.807) is 18.1 Å². The largest absolute Gasteiger partial charge is 0.337 e. The molecule has 0 N–H and O–H groups in total. The fourth-order valence-electron chi connectivity index (χ4n) is 2.89. The molecule has 0 saturated heterocycles. The minimum Gasteiger partial charge on any atom is -0.337 e. The van der Waals surface area contributed by atoms with Crippen molar-refractivity contribution in [1.82, 2.24) is 20.0 Å². The van der Waals surface area contributed by atoms with Gasteiger partial charge in [-0.25, -0.2) is 0 Å². The van der Waals surface area contributed by atoms with Crippen LogP contribution in [0.25, 0.3) is 11.1 Å². The van der Waals surface area contributed by atoms with Crippen molar-refractivity contribution in [3.63, 3.8) is 0 Å². The van der Waals surface area contributed by atoms with Gasteiger partial charge in [0.15, 0.2) is 5.82 Å². The summed E-state index contributed by atoms with van der Waals surface area (Å²) in [6.45, 7) is 6.51. The molecule has 1 amide bonds. The number of aromatic nitrogens is 3. The lowest BCUT2D eigenvalue weighted by Gasteiger charge is -2.15. The van der Waals surface area contributed by atoms with Crippen LogP contribution in [0.3, 0.4) is 0 Å². The maximum atomic E-state index is 12.7. The van der Waals surface area contributed by atoms with E-state index in [-0.39, 0.29) is 12.5 Å². The topological polar surface area (TPSA) is 72.1 Å². The standard InChI is InChI=1S/C21H24N4O2/c1-14(2)11-19-23-20(27-24-19)13-25(4)21(26)17-7-5-16(6-8-17)18-9-10-22-12-15(18)3/h5-10,12,14H,11,13H2,1-4H3. The van der Waals surface area contributed by atoms with E-state index in [0.717, 1.165) is 23.1 Å². The molecule has 0 unspecified atom stereocenters. The van der Waals surface area contributed by atoms with E-state index < -0.39 is 0 Å². The van der Waals surface area contributed by atoms with Crippen LogP contribution in [-0.4, -0.2) is 33.0 Å². The Morgan fingerprint density at radius 2 is 1.93 bits per heavy atom. The zero-order valence-electron chi connectivity index (χ0n) is 16.1. The average molecular weight is 364 g/mol. The highest BCUT2D eigenvalue weighted by molar-refractivity contribution is 5.94. The summed E-state index contributed by atoms with van der Waals surface area (Å²) in [5, 5.41) is 3.97. The molecule has 3 rings (SSSR count). The van der Waals surface area contributed by atoms with Gasteiger partial charge in [-0.05, 0) is 47.7 Å². The van der Waals surface area contributed by atoms with Crippen molar-refractivity contribution >= 4 is 5.91 Å². The lowest BCUT2D eigenvalue weighted by atomic mass is 10.0. The van der Waals surface area contributed by atoms with Crippen LogP contribution < -0.4 is 0 Å². The van der Waals surface area contributed by atoms with Crippen molar-refractivity contribution in [1.29, 1.82) is 0 Å². The maximum Gasteiger partial charge on any atom is 0.254 e. The van der Waals surface area contributed by atoms with Crippen LogP contribution in [-0.2, 0) is 13.0 Å². The smallest absolute Gasteiger partial charge is 0.254 e. The van der Waals surface area contributed by atoms with Crippen molar-refractivity contribution in [2.45, 2.75) is 33.7 Å². The van der Waals surface area contributed by atoms with E-state index in [1.165, 1.54) is 0 Å². The SMILES string of the molecule is Cc1cnccc1-c1ccc(C(=O)N(C)Cc2nc(CC(C)C)no2)cc1. The first kappa shape index (κ1) is 18.8. The normalized spacial score (nSPS) is 11.0. The predicted molar refractivity (Wildman–Crippen MR) is 103 cm³/mol. The molecule has 2 heterocycles. The van der Waals surface area contributed by atoms with Gasteiger partial charge in [0.05, 0.1) is 6.54 Å². The number of nitrogens with zero attached hydrogens (tertiary/aromatic N) is 4. The van der Waals surface area contributed by atoms with E-state index >= 15 is 0 Å². The Labute approximate surface area is 159 Å². The molecule has 140 valence electrons. The van der Waals surface area contributed by atoms with Crippen LogP contribution in [0, 0.1) is 12.8 Å². The van der Waals surface area contributed by atoms with Crippen LogP contribution in [0.15, 0.2) is 47.2 Å². The molecule has 2 aromatic heterocycles. The molecule has 6 nitrogen and oxygen atoms in total. The fraction of sp³-hybridized carbons (Fsp3) is 0.333. The van der Waals surface area contributed by atoms with Crippen molar-refractivity contribution < 1.29 is 9.32 Å². The highest BCUT2D eigenvalue weighted by atomic mass is 16.5. The molecule has 0 aliphatic heterocycles. The zero-order chi connectivity index (χ0) is 19.4. The van der Waals surface area contributed by atoms with Crippen molar-refractivity contribution in [3.05, 3.63) is 65.6 Å². The Kier molecular flexibility index (Phi) is 5.64. The number of hydrogen-bond donors (Lipinski definition) is 0. The summed E-state index contributed by atoms with van der Waals surface area (Å²) in [6.07, 6.45) is 4.37.